The van der Waals surface area contributed by atoms with Gasteiger partial charge in [-0.15, -0.1) is 10.2 Å². The standard InChI is InChI=1S/C25H28N4O3S/c30-25(16-19-33(31,32)22-8-4-3-5-9-22)26-21-12-10-20(11-13-21)23-14-15-24(28-27-23)29-17-6-1-2-7-18-29/h3-5,8-15H,1-2,6-7,16-19H2,(H,26,30). The van der Waals surface area contributed by atoms with E-state index >= 15 is 0 Å². The Labute approximate surface area is 194 Å². The summed E-state index contributed by atoms with van der Waals surface area (Å²) in [5, 5.41) is 11.6. The van der Waals surface area contributed by atoms with Gasteiger partial charge in [-0.2, -0.15) is 0 Å². The summed E-state index contributed by atoms with van der Waals surface area (Å²) in [6.07, 6.45) is 4.81. The summed E-state index contributed by atoms with van der Waals surface area (Å²) in [5.74, 6) is 0.332. The van der Waals surface area contributed by atoms with Crippen LogP contribution in [0.2, 0.25) is 0 Å². The van der Waals surface area contributed by atoms with Crippen molar-refractivity contribution in [1.82, 2.24) is 10.2 Å². The van der Waals surface area contributed by atoms with E-state index in [2.05, 4.69) is 20.4 Å². The van der Waals surface area contributed by atoms with E-state index in [-0.39, 0.29) is 23.0 Å². The van der Waals surface area contributed by atoms with Crippen molar-refractivity contribution in [3.63, 3.8) is 0 Å². The lowest BCUT2D eigenvalue weighted by molar-refractivity contribution is -0.115. The largest absolute Gasteiger partial charge is 0.355 e. The summed E-state index contributed by atoms with van der Waals surface area (Å²) in [4.78, 5) is 14.8. The third kappa shape index (κ3) is 6.16. The monoisotopic (exact) mass is 464 g/mol. The van der Waals surface area contributed by atoms with Crippen LogP contribution in [0.25, 0.3) is 11.3 Å². The minimum atomic E-state index is -3.48. The van der Waals surface area contributed by atoms with E-state index in [0.717, 1.165) is 30.2 Å². The Kier molecular flexibility index (Phi) is 7.34. The lowest BCUT2D eigenvalue weighted by atomic mass is 10.1. The van der Waals surface area contributed by atoms with Gasteiger partial charge in [0, 0.05) is 30.8 Å². The van der Waals surface area contributed by atoms with Crippen LogP contribution in [0.4, 0.5) is 11.5 Å². The number of aromatic nitrogens is 2. The Bertz CT molecular complexity index is 1160. The molecule has 1 amide bonds. The predicted octanol–water partition coefficient (Wildman–Crippen LogP) is 4.33. The van der Waals surface area contributed by atoms with Crippen LogP contribution < -0.4 is 10.2 Å². The summed E-state index contributed by atoms with van der Waals surface area (Å²) in [5.41, 5.74) is 2.27. The highest BCUT2D eigenvalue weighted by molar-refractivity contribution is 7.91. The highest BCUT2D eigenvalue weighted by Gasteiger charge is 2.16. The quantitative estimate of drug-likeness (QED) is 0.560. The van der Waals surface area contributed by atoms with E-state index in [0.29, 0.717) is 5.69 Å². The van der Waals surface area contributed by atoms with E-state index in [4.69, 9.17) is 0 Å². The zero-order chi connectivity index (χ0) is 23.1. The van der Waals surface area contributed by atoms with Crippen LogP contribution in [0.15, 0.2) is 71.6 Å². The van der Waals surface area contributed by atoms with E-state index in [1.54, 1.807) is 30.3 Å². The Morgan fingerprint density at radius 2 is 1.55 bits per heavy atom. The number of carbonyl (C=O) groups is 1. The molecule has 2 aromatic carbocycles. The maximum absolute atomic E-state index is 12.3. The molecule has 1 fully saturated rings. The first kappa shape index (κ1) is 22.9. The molecule has 0 spiro atoms. The number of nitrogens with zero attached hydrogens (tertiary/aromatic N) is 3. The van der Waals surface area contributed by atoms with Crippen molar-refractivity contribution in [3.8, 4) is 11.3 Å². The first-order valence-corrected chi connectivity index (χ1v) is 12.9. The summed E-state index contributed by atoms with van der Waals surface area (Å²) < 4.78 is 24.7. The summed E-state index contributed by atoms with van der Waals surface area (Å²) >= 11 is 0. The van der Waals surface area contributed by atoms with E-state index in [1.165, 1.54) is 37.8 Å². The van der Waals surface area contributed by atoms with Crippen molar-refractivity contribution >= 4 is 27.2 Å². The van der Waals surface area contributed by atoms with Gasteiger partial charge in [-0.05, 0) is 49.2 Å². The van der Waals surface area contributed by atoms with Crippen molar-refractivity contribution < 1.29 is 13.2 Å². The molecule has 3 aromatic rings. The Morgan fingerprint density at radius 1 is 0.848 bits per heavy atom. The number of sulfone groups is 1. The topological polar surface area (TPSA) is 92.3 Å². The second kappa shape index (κ2) is 10.6. The smallest absolute Gasteiger partial charge is 0.225 e. The van der Waals surface area contributed by atoms with Crippen LogP contribution in [0.3, 0.4) is 0 Å². The van der Waals surface area contributed by atoms with Gasteiger partial charge in [0.2, 0.25) is 5.91 Å². The van der Waals surface area contributed by atoms with Gasteiger partial charge >= 0.3 is 0 Å². The molecule has 0 radical (unpaired) electrons. The molecule has 0 saturated carbocycles. The number of benzene rings is 2. The molecule has 1 aromatic heterocycles. The van der Waals surface area contributed by atoms with Crippen molar-refractivity contribution in [2.75, 3.05) is 29.1 Å². The van der Waals surface area contributed by atoms with E-state index in [1.807, 2.05) is 24.3 Å². The van der Waals surface area contributed by atoms with Gasteiger partial charge in [0.05, 0.1) is 16.3 Å². The van der Waals surface area contributed by atoms with Gasteiger partial charge in [0.25, 0.3) is 0 Å². The van der Waals surface area contributed by atoms with Gasteiger partial charge in [0.15, 0.2) is 15.7 Å². The molecule has 4 rings (SSSR count). The molecule has 1 aliphatic rings. The van der Waals surface area contributed by atoms with Gasteiger partial charge in [0.1, 0.15) is 0 Å². The molecule has 1 aliphatic heterocycles. The van der Waals surface area contributed by atoms with Crippen LogP contribution in [-0.4, -0.2) is 43.4 Å². The third-order valence-electron chi connectivity index (χ3n) is 5.75. The van der Waals surface area contributed by atoms with Crippen molar-refractivity contribution in [1.29, 1.82) is 0 Å². The molecule has 7 nitrogen and oxygen atoms in total. The second-order valence-electron chi connectivity index (χ2n) is 8.19. The van der Waals surface area contributed by atoms with Crippen molar-refractivity contribution in [2.24, 2.45) is 0 Å². The fourth-order valence-electron chi connectivity index (χ4n) is 3.87. The number of hydrogen-bond donors (Lipinski definition) is 1. The van der Waals surface area contributed by atoms with Crippen LogP contribution in [0.1, 0.15) is 32.1 Å². The fourth-order valence-corrected chi connectivity index (χ4v) is 5.13. The number of anilines is 2. The summed E-state index contributed by atoms with van der Waals surface area (Å²) in [6, 6.07) is 19.4. The van der Waals surface area contributed by atoms with Crippen LogP contribution >= 0.6 is 0 Å². The van der Waals surface area contributed by atoms with E-state index in [9.17, 15) is 13.2 Å². The molecule has 0 atom stereocenters. The second-order valence-corrected chi connectivity index (χ2v) is 10.3. The molecule has 172 valence electrons. The normalized spacial score (nSPS) is 14.5. The first-order valence-electron chi connectivity index (χ1n) is 11.3. The fraction of sp³-hybridized carbons (Fsp3) is 0.320. The number of amides is 1. The first-order chi connectivity index (χ1) is 16.0. The average Bonchev–Trinajstić information content (AvgIpc) is 3.14. The molecule has 0 unspecified atom stereocenters. The maximum Gasteiger partial charge on any atom is 0.225 e. The SMILES string of the molecule is O=C(CCS(=O)(=O)c1ccccc1)Nc1ccc(-c2ccc(N3CCCCCC3)nn2)cc1. The molecule has 0 aliphatic carbocycles. The number of hydrogen-bond acceptors (Lipinski definition) is 6. The van der Waals surface area contributed by atoms with Crippen LogP contribution in [-0.2, 0) is 14.6 Å². The predicted molar refractivity (Wildman–Crippen MR) is 130 cm³/mol. The lowest BCUT2D eigenvalue weighted by Crippen LogP contribution is -2.25. The zero-order valence-electron chi connectivity index (χ0n) is 18.5. The van der Waals surface area contributed by atoms with Gasteiger partial charge in [-0.1, -0.05) is 43.2 Å². The molecule has 8 heteroatoms. The number of carbonyl (C=O) groups excluding carboxylic acids is 1. The minimum Gasteiger partial charge on any atom is -0.355 e. The highest BCUT2D eigenvalue weighted by atomic mass is 32.2. The molecule has 1 saturated heterocycles. The van der Waals surface area contributed by atoms with E-state index < -0.39 is 9.84 Å². The third-order valence-corrected chi connectivity index (χ3v) is 7.48. The van der Waals surface area contributed by atoms with Crippen LogP contribution in [0, 0.1) is 0 Å². The average molecular weight is 465 g/mol. The minimum absolute atomic E-state index is 0.109. The maximum atomic E-state index is 12.3. The highest BCUT2D eigenvalue weighted by Crippen LogP contribution is 2.22. The molecule has 0 bridgehead atoms. The lowest BCUT2D eigenvalue weighted by Gasteiger charge is -2.20. The molecular weight excluding hydrogens is 436 g/mol. The van der Waals surface area contributed by atoms with Gasteiger partial charge < -0.3 is 10.2 Å². The summed E-state index contributed by atoms with van der Waals surface area (Å²) in [7, 11) is -3.48. The van der Waals surface area contributed by atoms with Gasteiger partial charge in [-0.25, -0.2) is 8.42 Å². The molecule has 2 heterocycles. The Balaban J connectivity index is 1.33. The summed E-state index contributed by atoms with van der Waals surface area (Å²) in [6.45, 7) is 2.05. The molecule has 1 N–H and O–H groups in total. The van der Waals surface area contributed by atoms with Crippen LogP contribution in [0.5, 0.6) is 0 Å². The number of nitrogens with one attached hydrogen (secondary N) is 1. The Morgan fingerprint density at radius 3 is 2.18 bits per heavy atom. The van der Waals surface area contributed by atoms with Crippen molar-refractivity contribution in [3.05, 3.63) is 66.7 Å². The number of rotatable bonds is 7. The van der Waals surface area contributed by atoms with Gasteiger partial charge in [-0.3, -0.25) is 4.79 Å². The zero-order valence-corrected chi connectivity index (χ0v) is 19.3. The molecule has 33 heavy (non-hydrogen) atoms. The molecular formula is C25H28N4O3S. The van der Waals surface area contributed by atoms with Crippen molar-refractivity contribution in [2.45, 2.75) is 37.0 Å². The Hall–Kier alpha value is -3.26.